The first kappa shape index (κ1) is 24.2. The average molecular weight is 470 g/mol. The predicted molar refractivity (Wildman–Crippen MR) is 101 cm³/mol. The van der Waals surface area contributed by atoms with Crippen molar-refractivity contribution in [3.05, 3.63) is 17.7 Å². The van der Waals surface area contributed by atoms with Gasteiger partial charge in [-0.05, 0) is 30.9 Å². The van der Waals surface area contributed by atoms with Gasteiger partial charge in [0.05, 0.1) is 18.6 Å². The van der Waals surface area contributed by atoms with Crippen molar-refractivity contribution in [3.8, 4) is 5.88 Å². The van der Waals surface area contributed by atoms with E-state index in [0.717, 1.165) is 0 Å². The predicted octanol–water partition coefficient (Wildman–Crippen LogP) is 3.39. The van der Waals surface area contributed by atoms with Crippen LogP contribution >= 0.6 is 0 Å². The van der Waals surface area contributed by atoms with Crippen LogP contribution in [0.2, 0.25) is 0 Å². The quantitative estimate of drug-likeness (QED) is 0.570. The Balaban J connectivity index is 1.57. The maximum atomic E-state index is 12.9. The molecule has 1 saturated carbocycles. The van der Waals surface area contributed by atoms with Crippen LogP contribution in [0.1, 0.15) is 24.8 Å². The summed E-state index contributed by atoms with van der Waals surface area (Å²) >= 11 is 0. The first-order chi connectivity index (χ1) is 15.0. The summed E-state index contributed by atoms with van der Waals surface area (Å²) in [5.41, 5.74) is -1.27. The molecule has 2 amide bonds. The van der Waals surface area contributed by atoms with E-state index in [-0.39, 0.29) is 38.2 Å². The highest BCUT2D eigenvalue weighted by Gasteiger charge is 2.62. The SMILES string of the molecule is O=C(NCCC1(C(F)(F)F)CC1)NCc1cc(OCC(F)(F)F)nc(N2CCOCC2)c1. The number of ether oxygens (including phenoxy) is 2. The average Bonchev–Trinajstić information content (AvgIpc) is 3.52. The van der Waals surface area contributed by atoms with Crippen molar-refractivity contribution in [2.75, 3.05) is 44.4 Å². The third kappa shape index (κ3) is 6.78. The van der Waals surface area contributed by atoms with E-state index in [2.05, 4.69) is 15.6 Å². The topological polar surface area (TPSA) is 75.7 Å². The van der Waals surface area contributed by atoms with Crippen LogP contribution in [0.3, 0.4) is 0 Å². The number of aromatic nitrogens is 1. The van der Waals surface area contributed by atoms with Crippen LogP contribution in [0, 0.1) is 5.41 Å². The number of halogens is 6. The van der Waals surface area contributed by atoms with Gasteiger partial charge in [-0.2, -0.15) is 31.3 Å². The zero-order valence-electron chi connectivity index (χ0n) is 17.1. The minimum Gasteiger partial charge on any atom is -0.468 e. The Morgan fingerprint density at radius 1 is 1.12 bits per heavy atom. The van der Waals surface area contributed by atoms with Crippen LogP contribution in [-0.4, -0.2) is 62.8 Å². The number of carbonyl (C=O) groups is 1. The van der Waals surface area contributed by atoms with Crippen LogP contribution in [0.4, 0.5) is 37.0 Å². The fourth-order valence-electron chi connectivity index (χ4n) is 3.32. The zero-order valence-corrected chi connectivity index (χ0v) is 17.1. The molecule has 13 heteroatoms. The zero-order chi connectivity index (χ0) is 23.4. The van der Waals surface area contributed by atoms with Crippen molar-refractivity contribution >= 4 is 11.8 Å². The Morgan fingerprint density at radius 3 is 2.41 bits per heavy atom. The molecule has 2 aliphatic rings. The lowest BCUT2D eigenvalue weighted by molar-refractivity contribution is -0.188. The molecule has 1 aliphatic carbocycles. The number of hydrogen-bond acceptors (Lipinski definition) is 5. The van der Waals surface area contributed by atoms with Gasteiger partial charge in [0.25, 0.3) is 0 Å². The third-order valence-electron chi connectivity index (χ3n) is 5.36. The lowest BCUT2D eigenvalue weighted by atomic mass is 10.0. The number of morpholine rings is 1. The number of nitrogens with one attached hydrogen (secondary N) is 2. The molecular weight excluding hydrogens is 446 g/mol. The summed E-state index contributed by atoms with van der Waals surface area (Å²) in [6, 6.07) is 2.21. The van der Waals surface area contributed by atoms with Crippen molar-refractivity contribution in [2.45, 2.75) is 38.2 Å². The summed E-state index contributed by atoms with van der Waals surface area (Å²) in [5, 5.41) is 4.88. The van der Waals surface area contributed by atoms with Crippen molar-refractivity contribution < 1.29 is 40.6 Å². The maximum Gasteiger partial charge on any atom is 0.422 e. The Hall–Kier alpha value is -2.44. The van der Waals surface area contributed by atoms with Crippen molar-refractivity contribution in [2.24, 2.45) is 5.41 Å². The van der Waals surface area contributed by atoms with Crippen LogP contribution < -0.4 is 20.3 Å². The Kier molecular flexibility index (Phi) is 7.25. The highest BCUT2D eigenvalue weighted by molar-refractivity contribution is 5.73. The molecule has 0 bridgehead atoms. The molecule has 0 atom stereocenters. The number of amides is 2. The molecule has 1 saturated heterocycles. The van der Waals surface area contributed by atoms with Gasteiger partial charge < -0.3 is 25.0 Å². The van der Waals surface area contributed by atoms with Crippen LogP contribution in [0.5, 0.6) is 5.88 Å². The smallest absolute Gasteiger partial charge is 0.422 e. The molecular formula is C19H24F6N4O3. The second kappa shape index (κ2) is 9.59. The fourth-order valence-corrected chi connectivity index (χ4v) is 3.32. The minimum absolute atomic E-state index is 0.0574. The molecule has 0 aromatic carbocycles. The Labute approximate surface area is 180 Å². The van der Waals surface area contributed by atoms with Crippen molar-refractivity contribution in [1.82, 2.24) is 15.6 Å². The highest BCUT2D eigenvalue weighted by atomic mass is 19.4. The van der Waals surface area contributed by atoms with E-state index < -0.39 is 30.4 Å². The van der Waals surface area contributed by atoms with Gasteiger partial charge >= 0.3 is 18.4 Å². The lowest BCUT2D eigenvalue weighted by Crippen LogP contribution is -2.38. The summed E-state index contributed by atoms with van der Waals surface area (Å²) in [7, 11) is 0. The third-order valence-corrected chi connectivity index (χ3v) is 5.36. The molecule has 180 valence electrons. The number of nitrogens with zero attached hydrogens (tertiary/aromatic N) is 2. The standard InChI is InChI=1S/C19H24F6N4O3/c20-18(21,22)12-32-15-10-13(9-14(28-15)29-5-7-31-8-6-29)11-27-16(30)26-4-3-17(1-2-17)19(23,24)25/h9-10H,1-8,11-12H2,(H2,26,27,30). The van der Waals surface area contributed by atoms with Gasteiger partial charge in [-0.25, -0.2) is 4.79 Å². The number of carbonyl (C=O) groups excluding carboxylic acids is 1. The monoisotopic (exact) mass is 470 g/mol. The van der Waals surface area contributed by atoms with E-state index in [1.54, 1.807) is 6.07 Å². The molecule has 32 heavy (non-hydrogen) atoms. The van der Waals surface area contributed by atoms with Crippen molar-refractivity contribution in [3.63, 3.8) is 0 Å². The summed E-state index contributed by atoms with van der Waals surface area (Å²) < 4.78 is 86.3. The van der Waals surface area contributed by atoms with E-state index in [9.17, 15) is 31.1 Å². The van der Waals surface area contributed by atoms with Gasteiger partial charge in [0.2, 0.25) is 5.88 Å². The summed E-state index contributed by atoms with van der Waals surface area (Å²) in [6.07, 6.45) is -8.91. The molecule has 2 N–H and O–H groups in total. The molecule has 1 aromatic heterocycles. The second-order valence-electron chi connectivity index (χ2n) is 7.81. The molecule has 0 spiro atoms. The van der Waals surface area contributed by atoms with E-state index in [0.29, 0.717) is 37.7 Å². The molecule has 1 aliphatic heterocycles. The second-order valence-corrected chi connectivity index (χ2v) is 7.81. The van der Waals surface area contributed by atoms with Crippen molar-refractivity contribution in [1.29, 1.82) is 0 Å². The summed E-state index contributed by atoms with van der Waals surface area (Å²) in [5.74, 6) is 0.135. The molecule has 2 heterocycles. The maximum absolute atomic E-state index is 12.9. The largest absolute Gasteiger partial charge is 0.468 e. The minimum atomic E-state index is -4.54. The number of pyridine rings is 1. The van der Waals surface area contributed by atoms with E-state index in [1.165, 1.54) is 6.07 Å². The van der Waals surface area contributed by atoms with Crippen LogP contribution in [0.25, 0.3) is 0 Å². The van der Waals surface area contributed by atoms with E-state index in [4.69, 9.17) is 9.47 Å². The van der Waals surface area contributed by atoms with Gasteiger partial charge in [0.15, 0.2) is 6.61 Å². The molecule has 3 rings (SSSR count). The number of hydrogen-bond donors (Lipinski definition) is 2. The van der Waals surface area contributed by atoms with Gasteiger partial charge in [0, 0.05) is 32.2 Å². The number of alkyl halides is 6. The Bertz CT molecular complexity index is 792. The normalized spacial score (nSPS) is 18.2. The van der Waals surface area contributed by atoms with Gasteiger partial charge in [0.1, 0.15) is 5.82 Å². The molecule has 2 fully saturated rings. The van der Waals surface area contributed by atoms with Gasteiger partial charge in [-0.1, -0.05) is 0 Å². The first-order valence-corrected chi connectivity index (χ1v) is 10.1. The summed E-state index contributed by atoms with van der Waals surface area (Å²) in [6.45, 7) is 0.129. The van der Waals surface area contributed by atoms with E-state index >= 15 is 0 Å². The number of anilines is 1. The lowest BCUT2D eigenvalue weighted by Gasteiger charge is -2.28. The van der Waals surface area contributed by atoms with Gasteiger partial charge in [-0.15, -0.1) is 0 Å². The van der Waals surface area contributed by atoms with Crippen LogP contribution in [-0.2, 0) is 11.3 Å². The number of rotatable bonds is 8. The molecule has 0 unspecified atom stereocenters. The molecule has 7 nitrogen and oxygen atoms in total. The number of urea groups is 1. The molecule has 0 radical (unpaired) electrons. The summed E-state index contributed by atoms with van der Waals surface area (Å²) in [4.78, 5) is 17.9. The first-order valence-electron chi connectivity index (χ1n) is 10.1. The van der Waals surface area contributed by atoms with E-state index in [1.807, 2.05) is 4.90 Å². The molecule has 1 aromatic rings. The van der Waals surface area contributed by atoms with Gasteiger partial charge in [-0.3, -0.25) is 0 Å². The Morgan fingerprint density at radius 2 is 1.81 bits per heavy atom. The fraction of sp³-hybridized carbons (Fsp3) is 0.684. The van der Waals surface area contributed by atoms with Crippen LogP contribution in [0.15, 0.2) is 12.1 Å². The highest BCUT2D eigenvalue weighted by Crippen LogP contribution is 2.59.